The Kier molecular flexibility index (Phi) is 9.83. The zero-order valence-corrected chi connectivity index (χ0v) is 10.9. The Bertz CT molecular complexity index is 226. The molecule has 0 spiro atoms. The largest absolute Gasteiger partial charge is 0.481 e. The summed E-state index contributed by atoms with van der Waals surface area (Å²) < 4.78 is 0. The van der Waals surface area contributed by atoms with Crippen molar-refractivity contribution in [2.24, 2.45) is 5.92 Å². The van der Waals surface area contributed by atoms with Gasteiger partial charge in [-0.25, -0.2) is 0 Å². The molecule has 0 aromatic heterocycles. The lowest BCUT2D eigenvalue weighted by atomic mass is 9.91. The topological polar surface area (TPSA) is 72.3 Å². The normalized spacial score (nSPS) is 18.7. The SMILES string of the molecule is N.O=C(O)CCCCCCCC1C=CCCC1. The number of carboxylic acid groups (broad SMARTS) is 1. The Labute approximate surface area is 105 Å². The third-order valence-electron chi connectivity index (χ3n) is 3.32. The van der Waals surface area contributed by atoms with Crippen LogP contribution in [0.3, 0.4) is 0 Å². The summed E-state index contributed by atoms with van der Waals surface area (Å²) in [7, 11) is 0. The predicted molar refractivity (Wildman–Crippen MR) is 71.5 cm³/mol. The highest BCUT2D eigenvalue weighted by atomic mass is 16.4. The second kappa shape index (κ2) is 10.3. The van der Waals surface area contributed by atoms with Crippen molar-refractivity contribution in [3.05, 3.63) is 12.2 Å². The van der Waals surface area contributed by atoms with Gasteiger partial charge in [0.25, 0.3) is 0 Å². The maximum absolute atomic E-state index is 10.3. The minimum absolute atomic E-state index is 0. The Morgan fingerprint density at radius 2 is 1.88 bits per heavy atom. The molecular weight excluding hydrogens is 214 g/mol. The van der Waals surface area contributed by atoms with Crippen molar-refractivity contribution in [2.45, 2.75) is 64.2 Å². The number of rotatable bonds is 8. The molecule has 17 heavy (non-hydrogen) atoms. The molecule has 0 bridgehead atoms. The fourth-order valence-corrected chi connectivity index (χ4v) is 2.34. The van der Waals surface area contributed by atoms with Gasteiger partial charge in [0.2, 0.25) is 0 Å². The molecular formula is C14H27NO2. The van der Waals surface area contributed by atoms with E-state index in [4.69, 9.17) is 5.11 Å². The van der Waals surface area contributed by atoms with E-state index in [1.807, 2.05) is 0 Å². The van der Waals surface area contributed by atoms with E-state index in [0.717, 1.165) is 18.8 Å². The van der Waals surface area contributed by atoms with Gasteiger partial charge in [0, 0.05) is 6.42 Å². The molecule has 3 nitrogen and oxygen atoms in total. The van der Waals surface area contributed by atoms with E-state index in [1.165, 1.54) is 44.9 Å². The monoisotopic (exact) mass is 241 g/mol. The molecule has 3 heteroatoms. The van der Waals surface area contributed by atoms with Gasteiger partial charge < -0.3 is 11.3 Å². The summed E-state index contributed by atoms with van der Waals surface area (Å²) in [6.07, 6.45) is 16.1. The van der Waals surface area contributed by atoms with Crippen LogP contribution in [0.1, 0.15) is 64.2 Å². The maximum Gasteiger partial charge on any atom is 0.303 e. The van der Waals surface area contributed by atoms with Gasteiger partial charge in [-0.3, -0.25) is 4.79 Å². The Morgan fingerprint density at radius 1 is 1.18 bits per heavy atom. The van der Waals surface area contributed by atoms with Crippen molar-refractivity contribution >= 4 is 5.97 Å². The third-order valence-corrected chi connectivity index (χ3v) is 3.32. The molecule has 1 atom stereocenters. The van der Waals surface area contributed by atoms with Crippen LogP contribution in [0, 0.1) is 5.92 Å². The van der Waals surface area contributed by atoms with E-state index in [9.17, 15) is 4.79 Å². The summed E-state index contributed by atoms with van der Waals surface area (Å²) >= 11 is 0. The van der Waals surface area contributed by atoms with Crippen LogP contribution in [0.15, 0.2) is 12.2 Å². The fraction of sp³-hybridized carbons (Fsp3) is 0.786. The molecule has 0 aliphatic heterocycles. The van der Waals surface area contributed by atoms with Crippen LogP contribution in [0.25, 0.3) is 0 Å². The number of allylic oxidation sites excluding steroid dienone is 2. The smallest absolute Gasteiger partial charge is 0.303 e. The molecule has 0 radical (unpaired) electrons. The standard InChI is InChI=1S/C14H24O2.H3N/c15-14(16)12-8-3-1-2-5-9-13-10-6-4-7-11-13;/h6,10,13H,1-5,7-9,11-12H2,(H,15,16);1H3. The summed E-state index contributed by atoms with van der Waals surface area (Å²) in [5.74, 6) is 0.167. The lowest BCUT2D eigenvalue weighted by molar-refractivity contribution is -0.137. The van der Waals surface area contributed by atoms with Crippen molar-refractivity contribution in [3.8, 4) is 0 Å². The quantitative estimate of drug-likeness (QED) is 0.491. The third kappa shape index (κ3) is 8.93. The fourth-order valence-electron chi connectivity index (χ4n) is 2.34. The highest BCUT2D eigenvalue weighted by molar-refractivity contribution is 5.66. The van der Waals surface area contributed by atoms with E-state index >= 15 is 0 Å². The van der Waals surface area contributed by atoms with E-state index in [0.29, 0.717) is 6.42 Å². The van der Waals surface area contributed by atoms with Gasteiger partial charge >= 0.3 is 5.97 Å². The number of aliphatic carboxylic acids is 1. The molecule has 1 aliphatic rings. The minimum Gasteiger partial charge on any atom is -0.481 e. The van der Waals surface area contributed by atoms with Crippen LogP contribution in [-0.4, -0.2) is 11.1 Å². The molecule has 0 saturated heterocycles. The molecule has 0 heterocycles. The molecule has 0 amide bonds. The lowest BCUT2D eigenvalue weighted by Gasteiger charge is -2.15. The number of hydrogen-bond donors (Lipinski definition) is 2. The molecule has 100 valence electrons. The molecule has 1 rings (SSSR count). The number of carbonyl (C=O) groups is 1. The van der Waals surface area contributed by atoms with Crippen LogP contribution < -0.4 is 6.15 Å². The first-order valence-electron chi connectivity index (χ1n) is 6.67. The first-order chi connectivity index (χ1) is 7.79. The van der Waals surface area contributed by atoms with Gasteiger partial charge in [-0.15, -0.1) is 0 Å². The summed E-state index contributed by atoms with van der Waals surface area (Å²) in [6.45, 7) is 0. The molecule has 1 unspecified atom stereocenters. The van der Waals surface area contributed by atoms with Gasteiger partial charge in [0.05, 0.1) is 0 Å². The predicted octanol–water partition coefficient (Wildman–Crippen LogP) is 4.32. The van der Waals surface area contributed by atoms with E-state index in [1.54, 1.807) is 0 Å². The second-order valence-corrected chi connectivity index (χ2v) is 4.82. The molecule has 0 aromatic carbocycles. The highest BCUT2D eigenvalue weighted by Crippen LogP contribution is 2.22. The summed E-state index contributed by atoms with van der Waals surface area (Å²) in [5, 5.41) is 8.48. The molecule has 4 N–H and O–H groups in total. The Balaban J connectivity index is 0.00000256. The van der Waals surface area contributed by atoms with E-state index in [2.05, 4.69) is 12.2 Å². The average molecular weight is 241 g/mol. The van der Waals surface area contributed by atoms with Gasteiger partial charge in [-0.05, 0) is 38.0 Å². The summed E-state index contributed by atoms with van der Waals surface area (Å²) in [4.78, 5) is 10.3. The maximum atomic E-state index is 10.3. The van der Waals surface area contributed by atoms with Crippen LogP contribution >= 0.6 is 0 Å². The van der Waals surface area contributed by atoms with Crippen molar-refractivity contribution < 1.29 is 9.90 Å². The number of hydrogen-bond acceptors (Lipinski definition) is 2. The van der Waals surface area contributed by atoms with Crippen molar-refractivity contribution in [1.82, 2.24) is 6.15 Å². The van der Waals surface area contributed by atoms with Gasteiger partial charge in [-0.1, -0.05) is 37.8 Å². The first kappa shape index (κ1) is 16.2. The van der Waals surface area contributed by atoms with Gasteiger partial charge in [-0.2, -0.15) is 0 Å². The van der Waals surface area contributed by atoms with Crippen molar-refractivity contribution in [1.29, 1.82) is 0 Å². The minimum atomic E-state index is -0.660. The molecule has 0 saturated carbocycles. The number of carboxylic acids is 1. The van der Waals surface area contributed by atoms with Crippen LogP contribution in [0.5, 0.6) is 0 Å². The highest BCUT2D eigenvalue weighted by Gasteiger charge is 2.07. The number of unbranched alkanes of at least 4 members (excludes halogenated alkanes) is 4. The van der Waals surface area contributed by atoms with E-state index in [-0.39, 0.29) is 6.15 Å². The Hall–Kier alpha value is -0.830. The molecule has 1 aliphatic carbocycles. The molecule has 0 fully saturated rings. The van der Waals surface area contributed by atoms with Crippen LogP contribution in [0.2, 0.25) is 0 Å². The zero-order valence-electron chi connectivity index (χ0n) is 10.9. The zero-order chi connectivity index (χ0) is 11.6. The second-order valence-electron chi connectivity index (χ2n) is 4.82. The summed E-state index contributed by atoms with van der Waals surface area (Å²) in [6, 6.07) is 0. The van der Waals surface area contributed by atoms with Crippen molar-refractivity contribution in [2.75, 3.05) is 0 Å². The van der Waals surface area contributed by atoms with Gasteiger partial charge in [0.15, 0.2) is 0 Å². The van der Waals surface area contributed by atoms with Crippen LogP contribution in [0.4, 0.5) is 0 Å². The van der Waals surface area contributed by atoms with Crippen LogP contribution in [-0.2, 0) is 4.79 Å². The van der Waals surface area contributed by atoms with Crippen molar-refractivity contribution in [3.63, 3.8) is 0 Å². The van der Waals surface area contributed by atoms with Gasteiger partial charge in [0.1, 0.15) is 0 Å². The first-order valence-corrected chi connectivity index (χ1v) is 6.67. The summed E-state index contributed by atoms with van der Waals surface area (Å²) in [5.41, 5.74) is 0. The molecule has 0 aromatic rings. The lowest BCUT2D eigenvalue weighted by Crippen LogP contribution is -2.00. The Morgan fingerprint density at radius 3 is 2.53 bits per heavy atom. The average Bonchev–Trinajstić information content (AvgIpc) is 2.29. The van der Waals surface area contributed by atoms with E-state index < -0.39 is 5.97 Å².